The second-order valence-corrected chi connectivity index (χ2v) is 4.06. The van der Waals surface area contributed by atoms with Crippen molar-refractivity contribution in [2.75, 3.05) is 0 Å². The van der Waals surface area contributed by atoms with E-state index in [1.165, 1.54) is 0 Å². The average molecular weight is 192 g/mol. The lowest BCUT2D eigenvalue weighted by Crippen LogP contribution is -2.30. The van der Waals surface area contributed by atoms with Gasteiger partial charge in [-0.05, 0) is 25.3 Å². The maximum atomic E-state index is 10.2. The first kappa shape index (κ1) is 9.46. The number of hydrogen-bond donors (Lipinski definition) is 1. The molecule has 0 saturated heterocycles. The topological polar surface area (TPSA) is 38.0 Å². The maximum Gasteiger partial charge on any atom is 0.0883 e. The molecule has 3 heteroatoms. The van der Waals surface area contributed by atoms with Crippen molar-refractivity contribution in [1.29, 1.82) is 0 Å². The Labute approximate surface area is 84.1 Å². The first-order chi connectivity index (χ1) is 6.68. The zero-order chi connectivity index (χ0) is 10.0. The molecule has 0 fully saturated rings. The standard InChI is InChI=1S/C11H16N2O/c1-13-8-5-10(12-13)9-11(14)6-3-2-4-7-11/h3,5-6,8,14H,2,4,7,9H2,1H3. The van der Waals surface area contributed by atoms with Crippen LogP contribution in [0.15, 0.2) is 24.4 Å². The van der Waals surface area contributed by atoms with Crippen LogP contribution >= 0.6 is 0 Å². The molecule has 1 unspecified atom stereocenters. The summed E-state index contributed by atoms with van der Waals surface area (Å²) >= 11 is 0. The molecule has 1 atom stereocenters. The van der Waals surface area contributed by atoms with E-state index in [0.717, 1.165) is 25.0 Å². The third kappa shape index (κ3) is 2.04. The Morgan fingerprint density at radius 1 is 1.64 bits per heavy atom. The van der Waals surface area contributed by atoms with Gasteiger partial charge in [0.15, 0.2) is 0 Å². The number of aryl methyl sites for hydroxylation is 1. The molecule has 2 rings (SSSR count). The summed E-state index contributed by atoms with van der Waals surface area (Å²) in [6.07, 6.45) is 9.53. The monoisotopic (exact) mass is 192 g/mol. The largest absolute Gasteiger partial charge is 0.385 e. The summed E-state index contributed by atoms with van der Waals surface area (Å²) in [5.41, 5.74) is 0.300. The van der Waals surface area contributed by atoms with E-state index in [2.05, 4.69) is 11.2 Å². The van der Waals surface area contributed by atoms with E-state index in [-0.39, 0.29) is 0 Å². The summed E-state index contributed by atoms with van der Waals surface area (Å²) in [7, 11) is 1.89. The Hall–Kier alpha value is -1.09. The Bertz CT molecular complexity index is 343. The van der Waals surface area contributed by atoms with Crippen LogP contribution < -0.4 is 0 Å². The molecule has 0 amide bonds. The fourth-order valence-electron chi connectivity index (χ4n) is 1.93. The Morgan fingerprint density at radius 3 is 3.07 bits per heavy atom. The predicted octanol–water partition coefficient (Wildman–Crippen LogP) is 1.43. The lowest BCUT2D eigenvalue weighted by molar-refractivity contribution is 0.0740. The van der Waals surface area contributed by atoms with E-state index in [4.69, 9.17) is 0 Å². The van der Waals surface area contributed by atoms with Crippen LogP contribution in [-0.2, 0) is 13.5 Å². The number of allylic oxidation sites excluding steroid dienone is 1. The van der Waals surface area contributed by atoms with Gasteiger partial charge in [0.25, 0.3) is 0 Å². The Balaban J connectivity index is 2.09. The summed E-state index contributed by atoms with van der Waals surface area (Å²) in [6, 6.07) is 1.96. The molecular weight excluding hydrogens is 176 g/mol. The quantitative estimate of drug-likeness (QED) is 0.720. The minimum absolute atomic E-state index is 0.629. The molecule has 1 heterocycles. The van der Waals surface area contributed by atoms with Crippen molar-refractivity contribution in [3.63, 3.8) is 0 Å². The van der Waals surface area contributed by atoms with Crippen LogP contribution in [0, 0.1) is 0 Å². The molecule has 0 spiro atoms. The molecule has 1 aromatic rings. The van der Waals surface area contributed by atoms with Gasteiger partial charge in [-0.3, -0.25) is 4.68 Å². The van der Waals surface area contributed by atoms with Crippen molar-refractivity contribution in [2.45, 2.75) is 31.3 Å². The van der Waals surface area contributed by atoms with E-state index in [0.29, 0.717) is 6.42 Å². The van der Waals surface area contributed by atoms with Crippen LogP contribution in [0.1, 0.15) is 25.0 Å². The first-order valence-electron chi connectivity index (χ1n) is 5.07. The molecule has 76 valence electrons. The van der Waals surface area contributed by atoms with Crippen LogP contribution in [0.25, 0.3) is 0 Å². The molecule has 1 N–H and O–H groups in total. The number of hydrogen-bond acceptors (Lipinski definition) is 2. The second-order valence-electron chi connectivity index (χ2n) is 4.06. The molecule has 0 radical (unpaired) electrons. The molecule has 1 aliphatic carbocycles. The fraction of sp³-hybridized carbons (Fsp3) is 0.545. The van der Waals surface area contributed by atoms with Crippen molar-refractivity contribution < 1.29 is 5.11 Å². The lowest BCUT2D eigenvalue weighted by atomic mass is 9.87. The third-order valence-corrected chi connectivity index (χ3v) is 2.66. The molecule has 0 aromatic carbocycles. The zero-order valence-corrected chi connectivity index (χ0v) is 8.48. The summed E-state index contributed by atoms with van der Waals surface area (Å²) in [5, 5.41) is 14.5. The van der Waals surface area contributed by atoms with Crippen molar-refractivity contribution in [2.24, 2.45) is 7.05 Å². The molecule has 14 heavy (non-hydrogen) atoms. The minimum Gasteiger partial charge on any atom is -0.385 e. The smallest absolute Gasteiger partial charge is 0.0883 e. The average Bonchev–Trinajstić information content (AvgIpc) is 2.51. The van der Waals surface area contributed by atoms with E-state index in [9.17, 15) is 5.11 Å². The van der Waals surface area contributed by atoms with E-state index in [1.54, 1.807) is 4.68 Å². The van der Waals surface area contributed by atoms with Crippen molar-refractivity contribution in [1.82, 2.24) is 9.78 Å². The highest BCUT2D eigenvalue weighted by Crippen LogP contribution is 2.25. The van der Waals surface area contributed by atoms with Gasteiger partial charge in [0.1, 0.15) is 0 Å². The zero-order valence-electron chi connectivity index (χ0n) is 8.48. The Kier molecular flexibility index (Phi) is 2.42. The van der Waals surface area contributed by atoms with Crippen LogP contribution in [0.5, 0.6) is 0 Å². The van der Waals surface area contributed by atoms with Crippen LogP contribution in [0.4, 0.5) is 0 Å². The third-order valence-electron chi connectivity index (χ3n) is 2.66. The first-order valence-corrected chi connectivity index (χ1v) is 5.07. The number of nitrogens with zero attached hydrogens (tertiary/aromatic N) is 2. The predicted molar refractivity (Wildman–Crippen MR) is 54.9 cm³/mol. The van der Waals surface area contributed by atoms with Crippen LogP contribution in [0.3, 0.4) is 0 Å². The normalized spacial score (nSPS) is 26.7. The van der Waals surface area contributed by atoms with Gasteiger partial charge >= 0.3 is 0 Å². The number of rotatable bonds is 2. The molecule has 1 aromatic heterocycles. The highest BCUT2D eigenvalue weighted by Gasteiger charge is 2.26. The number of aliphatic hydroxyl groups is 1. The maximum absolute atomic E-state index is 10.2. The van der Waals surface area contributed by atoms with Crippen molar-refractivity contribution >= 4 is 0 Å². The molecule has 3 nitrogen and oxygen atoms in total. The summed E-state index contributed by atoms with van der Waals surface area (Å²) in [6.45, 7) is 0. The van der Waals surface area contributed by atoms with Gasteiger partial charge in [-0.1, -0.05) is 12.2 Å². The van der Waals surface area contributed by atoms with Gasteiger partial charge in [-0.15, -0.1) is 0 Å². The fourth-order valence-corrected chi connectivity index (χ4v) is 1.93. The van der Waals surface area contributed by atoms with Crippen molar-refractivity contribution in [3.8, 4) is 0 Å². The molecule has 1 aliphatic rings. The second kappa shape index (κ2) is 3.58. The van der Waals surface area contributed by atoms with Gasteiger partial charge in [0, 0.05) is 19.7 Å². The molecule has 0 saturated carbocycles. The summed E-state index contributed by atoms with van der Waals surface area (Å²) in [5.74, 6) is 0. The highest BCUT2D eigenvalue weighted by molar-refractivity contribution is 5.12. The summed E-state index contributed by atoms with van der Waals surface area (Å²) < 4.78 is 1.77. The van der Waals surface area contributed by atoms with Gasteiger partial charge in [-0.2, -0.15) is 5.10 Å². The van der Waals surface area contributed by atoms with Crippen LogP contribution in [0.2, 0.25) is 0 Å². The molecule has 0 bridgehead atoms. The molecule has 0 aliphatic heterocycles. The summed E-state index contributed by atoms with van der Waals surface area (Å²) in [4.78, 5) is 0. The van der Waals surface area contributed by atoms with Gasteiger partial charge in [-0.25, -0.2) is 0 Å². The number of aromatic nitrogens is 2. The minimum atomic E-state index is -0.660. The van der Waals surface area contributed by atoms with Gasteiger partial charge in [0.2, 0.25) is 0 Å². The highest BCUT2D eigenvalue weighted by atomic mass is 16.3. The van der Waals surface area contributed by atoms with E-state index in [1.807, 2.05) is 25.4 Å². The Morgan fingerprint density at radius 2 is 2.50 bits per heavy atom. The van der Waals surface area contributed by atoms with E-state index < -0.39 is 5.60 Å². The van der Waals surface area contributed by atoms with Crippen molar-refractivity contribution in [3.05, 3.63) is 30.1 Å². The molecular formula is C11H16N2O. The van der Waals surface area contributed by atoms with E-state index >= 15 is 0 Å². The van der Waals surface area contributed by atoms with Crippen LogP contribution in [-0.4, -0.2) is 20.5 Å². The lowest BCUT2D eigenvalue weighted by Gasteiger charge is -2.26. The van der Waals surface area contributed by atoms with Gasteiger partial charge < -0.3 is 5.11 Å². The SMILES string of the molecule is Cn1ccc(CC2(O)C=CCCC2)n1. The van der Waals surface area contributed by atoms with Gasteiger partial charge in [0.05, 0.1) is 11.3 Å².